The van der Waals surface area contributed by atoms with Crippen LogP contribution in [0, 0.1) is 11.8 Å². The standard InChI is InChI=1S/C25H27ClN4O2/c1-3-19-23(17-12-28-30(2)13-17)24(19)25(32)29-22-10-15-8-20(14-4-6-18(31)7-5-14)21(26)9-16(15)11-27-22/h8-14,19,23-24H,3-7H2,1-2H3,(H,27,29,32). The largest absolute Gasteiger partial charge is 0.310 e. The molecule has 2 aromatic heterocycles. The van der Waals surface area contributed by atoms with Gasteiger partial charge in [-0.05, 0) is 59.4 Å². The summed E-state index contributed by atoms with van der Waals surface area (Å²) in [7, 11) is 1.90. The summed E-state index contributed by atoms with van der Waals surface area (Å²) in [5, 5.41) is 9.95. The van der Waals surface area contributed by atoms with Crippen LogP contribution in [0.25, 0.3) is 10.8 Å². The second-order valence-electron chi connectivity index (χ2n) is 9.16. The molecule has 2 aliphatic rings. The molecule has 0 radical (unpaired) electrons. The Kier molecular flexibility index (Phi) is 5.49. The molecule has 5 rings (SSSR count). The third-order valence-electron chi connectivity index (χ3n) is 7.12. The summed E-state index contributed by atoms with van der Waals surface area (Å²) in [6.45, 7) is 2.12. The summed E-state index contributed by atoms with van der Waals surface area (Å²) in [6, 6.07) is 5.96. The molecule has 2 fully saturated rings. The number of halogens is 1. The van der Waals surface area contributed by atoms with E-state index in [1.165, 1.54) is 0 Å². The molecule has 1 amide bonds. The van der Waals surface area contributed by atoms with Crippen LogP contribution in [0.15, 0.2) is 36.8 Å². The fraction of sp³-hybridized carbons (Fsp3) is 0.440. The predicted octanol–water partition coefficient (Wildman–Crippen LogP) is 5.23. The lowest BCUT2D eigenvalue weighted by molar-refractivity contribution is -0.120. The van der Waals surface area contributed by atoms with Crippen molar-refractivity contribution in [2.45, 2.75) is 50.9 Å². The summed E-state index contributed by atoms with van der Waals surface area (Å²) in [4.78, 5) is 29.1. The first-order chi connectivity index (χ1) is 15.4. The predicted molar refractivity (Wildman–Crippen MR) is 125 cm³/mol. The molecule has 32 heavy (non-hydrogen) atoms. The lowest BCUT2D eigenvalue weighted by Crippen LogP contribution is -2.16. The molecule has 0 aliphatic heterocycles. The molecule has 2 saturated carbocycles. The number of ketones is 1. The van der Waals surface area contributed by atoms with E-state index in [0.29, 0.717) is 36.3 Å². The Hall–Kier alpha value is -2.73. The molecule has 0 saturated heterocycles. The Morgan fingerprint density at radius 1 is 1.19 bits per heavy atom. The van der Waals surface area contributed by atoms with Crippen molar-refractivity contribution in [2.24, 2.45) is 18.9 Å². The number of benzene rings is 1. The smallest absolute Gasteiger partial charge is 0.229 e. The van der Waals surface area contributed by atoms with Gasteiger partial charge in [-0.25, -0.2) is 4.98 Å². The average molecular weight is 451 g/mol. The van der Waals surface area contributed by atoms with Crippen LogP contribution in [0.2, 0.25) is 5.02 Å². The molecule has 7 heteroatoms. The molecule has 2 aliphatic carbocycles. The highest BCUT2D eigenvalue weighted by atomic mass is 35.5. The molecular formula is C25H27ClN4O2. The number of fused-ring (bicyclic) bond motifs is 1. The van der Waals surface area contributed by atoms with Gasteiger partial charge in [-0.15, -0.1) is 0 Å². The number of carbonyl (C=O) groups excluding carboxylic acids is 2. The van der Waals surface area contributed by atoms with Crippen LogP contribution in [-0.4, -0.2) is 26.5 Å². The number of Topliss-reactive ketones (excluding diaryl/α,β-unsaturated/α-hetero) is 1. The van der Waals surface area contributed by atoms with Gasteiger partial charge < -0.3 is 5.32 Å². The summed E-state index contributed by atoms with van der Waals surface area (Å²) < 4.78 is 1.78. The van der Waals surface area contributed by atoms with Crippen molar-refractivity contribution in [3.8, 4) is 0 Å². The zero-order valence-corrected chi connectivity index (χ0v) is 19.1. The molecule has 3 aromatic rings. The van der Waals surface area contributed by atoms with E-state index in [1.807, 2.05) is 31.6 Å². The van der Waals surface area contributed by atoms with Crippen molar-refractivity contribution in [2.75, 3.05) is 5.32 Å². The topological polar surface area (TPSA) is 76.9 Å². The third-order valence-corrected chi connectivity index (χ3v) is 7.45. The van der Waals surface area contributed by atoms with Crippen molar-refractivity contribution < 1.29 is 9.59 Å². The number of nitrogens with one attached hydrogen (secondary N) is 1. The lowest BCUT2D eigenvalue weighted by Gasteiger charge is -2.22. The van der Waals surface area contributed by atoms with Gasteiger partial charge in [0.25, 0.3) is 0 Å². The fourth-order valence-corrected chi connectivity index (χ4v) is 5.66. The van der Waals surface area contributed by atoms with E-state index in [2.05, 4.69) is 28.4 Å². The SMILES string of the molecule is CCC1C(C(=O)Nc2cc3cc(C4CCC(=O)CC4)c(Cl)cc3cn2)C1c1cnn(C)c1. The Bertz CT molecular complexity index is 1190. The summed E-state index contributed by atoms with van der Waals surface area (Å²) in [6.07, 6.45) is 9.49. The van der Waals surface area contributed by atoms with Crippen LogP contribution in [0.4, 0.5) is 5.82 Å². The first-order valence-corrected chi connectivity index (χ1v) is 11.7. The minimum Gasteiger partial charge on any atom is -0.310 e. The molecule has 3 atom stereocenters. The first-order valence-electron chi connectivity index (χ1n) is 11.3. The number of amides is 1. The second kappa shape index (κ2) is 8.32. The number of anilines is 1. The highest BCUT2D eigenvalue weighted by Crippen LogP contribution is 2.56. The maximum atomic E-state index is 13.0. The quantitative estimate of drug-likeness (QED) is 0.577. The Labute approximate surface area is 192 Å². The van der Waals surface area contributed by atoms with Crippen LogP contribution in [0.5, 0.6) is 0 Å². The van der Waals surface area contributed by atoms with Crippen LogP contribution in [0.3, 0.4) is 0 Å². The van der Waals surface area contributed by atoms with Crippen LogP contribution in [0.1, 0.15) is 62.0 Å². The van der Waals surface area contributed by atoms with Crippen molar-refractivity contribution in [3.63, 3.8) is 0 Å². The highest BCUT2D eigenvalue weighted by molar-refractivity contribution is 6.32. The molecule has 1 N–H and O–H groups in total. The molecule has 166 valence electrons. The minimum atomic E-state index is -0.0535. The van der Waals surface area contributed by atoms with Gasteiger partial charge in [0, 0.05) is 54.5 Å². The molecule has 6 nitrogen and oxygen atoms in total. The van der Waals surface area contributed by atoms with E-state index < -0.39 is 0 Å². The van der Waals surface area contributed by atoms with Gasteiger partial charge in [0.05, 0.1) is 6.20 Å². The summed E-state index contributed by atoms with van der Waals surface area (Å²) in [5.41, 5.74) is 2.20. The number of rotatable bonds is 5. The van der Waals surface area contributed by atoms with E-state index in [4.69, 9.17) is 11.6 Å². The highest BCUT2D eigenvalue weighted by Gasteiger charge is 2.54. The maximum absolute atomic E-state index is 13.0. The van der Waals surface area contributed by atoms with Crippen molar-refractivity contribution >= 4 is 39.9 Å². The van der Waals surface area contributed by atoms with E-state index in [9.17, 15) is 9.59 Å². The van der Waals surface area contributed by atoms with E-state index in [-0.39, 0.29) is 17.7 Å². The molecule has 2 heterocycles. The number of hydrogen-bond donors (Lipinski definition) is 1. The first kappa shape index (κ1) is 21.1. The van der Waals surface area contributed by atoms with E-state index in [1.54, 1.807) is 10.9 Å². The number of aromatic nitrogens is 3. The molecule has 3 unspecified atom stereocenters. The monoisotopic (exact) mass is 450 g/mol. The van der Waals surface area contributed by atoms with Gasteiger partial charge in [0.2, 0.25) is 5.91 Å². The van der Waals surface area contributed by atoms with Crippen LogP contribution < -0.4 is 5.32 Å². The van der Waals surface area contributed by atoms with Crippen molar-refractivity contribution in [1.29, 1.82) is 0 Å². The minimum absolute atomic E-state index is 0.0116. The second-order valence-corrected chi connectivity index (χ2v) is 9.57. The third kappa shape index (κ3) is 3.92. The molecule has 0 spiro atoms. The Morgan fingerprint density at radius 2 is 1.97 bits per heavy atom. The van der Waals surface area contributed by atoms with Gasteiger partial charge >= 0.3 is 0 Å². The zero-order valence-electron chi connectivity index (χ0n) is 18.3. The molecule has 1 aromatic carbocycles. The van der Waals surface area contributed by atoms with Crippen LogP contribution >= 0.6 is 11.6 Å². The van der Waals surface area contributed by atoms with Crippen molar-refractivity contribution in [1.82, 2.24) is 14.8 Å². The van der Waals surface area contributed by atoms with Gasteiger partial charge in [-0.1, -0.05) is 24.9 Å². The summed E-state index contributed by atoms with van der Waals surface area (Å²) >= 11 is 6.57. The number of aryl methyl sites for hydroxylation is 1. The Balaban J connectivity index is 1.36. The number of pyridine rings is 1. The van der Waals surface area contributed by atoms with Gasteiger partial charge in [0.15, 0.2) is 0 Å². The maximum Gasteiger partial charge on any atom is 0.229 e. The van der Waals surface area contributed by atoms with Crippen molar-refractivity contribution in [3.05, 3.63) is 52.9 Å². The average Bonchev–Trinajstić information content (AvgIpc) is 3.37. The summed E-state index contributed by atoms with van der Waals surface area (Å²) in [5.74, 6) is 1.70. The van der Waals surface area contributed by atoms with Crippen LogP contribution in [-0.2, 0) is 16.6 Å². The molecule has 0 bridgehead atoms. The zero-order chi connectivity index (χ0) is 22.4. The molecular weight excluding hydrogens is 424 g/mol. The van der Waals surface area contributed by atoms with Gasteiger partial charge in [-0.3, -0.25) is 14.3 Å². The number of nitrogens with zero attached hydrogens (tertiary/aromatic N) is 3. The fourth-order valence-electron chi connectivity index (χ4n) is 5.33. The normalized spacial score (nSPS) is 23.5. The Morgan fingerprint density at radius 3 is 2.66 bits per heavy atom. The lowest BCUT2D eigenvalue weighted by atomic mass is 9.83. The van der Waals surface area contributed by atoms with Gasteiger partial charge in [0.1, 0.15) is 11.6 Å². The number of carbonyl (C=O) groups is 2. The van der Waals surface area contributed by atoms with Gasteiger partial charge in [-0.2, -0.15) is 5.10 Å². The van der Waals surface area contributed by atoms with E-state index >= 15 is 0 Å². The number of hydrogen-bond acceptors (Lipinski definition) is 4. The van der Waals surface area contributed by atoms with E-state index in [0.717, 1.165) is 46.2 Å².